The van der Waals surface area contributed by atoms with Crippen LogP contribution < -0.4 is 15.8 Å². The molecule has 0 aliphatic rings. The summed E-state index contributed by atoms with van der Waals surface area (Å²) in [6.07, 6.45) is 2.10. The Labute approximate surface area is 178 Å². The monoisotopic (exact) mass is 429 g/mol. The summed E-state index contributed by atoms with van der Waals surface area (Å²) in [4.78, 5) is 23.6. The molecule has 0 saturated carbocycles. The number of rotatable bonds is 10. The SMILES string of the molecule is COc1ccc(C)cc1NC(=O)CSc1nnc(CCC(N)=O)n1Cc1ccco1. The van der Waals surface area contributed by atoms with Gasteiger partial charge in [0.05, 0.1) is 31.4 Å². The molecule has 0 aliphatic carbocycles. The number of methoxy groups -OCH3 is 1. The van der Waals surface area contributed by atoms with Crippen molar-refractivity contribution >= 4 is 29.3 Å². The number of hydrogen-bond donors (Lipinski definition) is 2. The third-order valence-electron chi connectivity index (χ3n) is 4.24. The van der Waals surface area contributed by atoms with Crippen molar-refractivity contribution in [2.45, 2.75) is 31.5 Å². The third-order valence-corrected chi connectivity index (χ3v) is 5.21. The van der Waals surface area contributed by atoms with Crippen LogP contribution in [0.1, 0.15) is 23.6 Å². The first kappa shape index (κ1) is 21.4. The molecular weight excluding hydrogens is 406 g/mol. The van der Waals surface area contributed by atoms with Gasteiger partial charge in [0.15, 0.2) is 5.16 Å². The van der Waals surface area contributed by atoms with Crippen molar-refractivity contribution in [1.82, 2.24) is 14.8 Å². The molecule has 30 heavy (non-hydrogen) atoms. The van der Waals surface area contributed by atoms with Gasteiger partial charge >= 0.3 is 0 Å². The lowest BCUT2D eigenvalue weighted by Crippen LogP contribution is -2.16. The summed E-state index contributed by atoms with van der Waals surface area (Å²) in [6.45, 7) is 2.33. The van der Waals surface area contributed by atoms with Crippen LogP contribution in [-0.2, 0) is 22.6 Å². The number of thioether (sulfide) groups is 1. The van der Waals surface area contributed by atoms with Crippen molar-refractivity contribution in [3.8, 4) is 5.75 Å². The van der Waals surface area contributed by atoms with E-state index < -0.39 is 5.91 Å². The van der Waals surface area contributed by atoms with Crippen LogP contribution in [0.5, 0.6) is 5.75 Å². The summed E-state index contributed by atoms with van der Waals surface area (Å²) in [5.41, 5.74) is 6.88. The minimum Gasteiger partial charge on any atom is -0.495 e. The Bertz CT molecular complexity index is 1020. The topological polar surface area (TPSA) is 125 Å². The number of ether oxygens (including phenoxy) is 1. The van der Waals surface area contributed by atoms with Crippen LogP contribution in [0.2, 0.25) is 0 Å². The van der Waals surface area contributed by atoms with Gasteiger partial charge in [0.2, 0.25) is 11.8 Å². The van der Waals surface area contributed by atoms with Gasteiger partial charge in [0.1, 0.15) is 17.3 Å². The summed E-state index contributed by atoms with van der Waals surface area (Å²) < 4.78 is 12.5. The zero-order chi connectivity index (χ0) is 21.5. The first-order valence-electron chi connectivity index (χ1n) is 9.26. The molecule has 2 aromatic heterocycles. The summed E-state index contributed by atoms with van der Waals surface area (Å²) in [5, 5.41) is 11.8. The number of carbonyl (C=O) groups excluding carboxylic acids is 2. The van der Waals surface area contributed by atoms with Crippen LogP contribution in [0.4, 0.5) is 5.69 Å². The zero-order valence-corrected chi connectivity index (χ0v) is 17.6. The number of primary amides is 1. The Balaban J connectivity index is 1.70. The summed E-state index contributed by atoms with van der Waals surface area (Å²) >= 11 is 1.25. The second-order valence-corrected chi connectivity index (χ2v) is 7.51. The average Bonchev–Trinajstić information content (AvgIpc) is 3.35. The van der Waals surface area contributed by atoms with Gasteiger partial charge in [-0.05, 0) is 36.8 Å². The van der Waals surface area contributed by atoms with Crippen LogP contribution in [0, 0.1) is 6.92 Å². The van der Waals surface area contributed by atoms with Crippen molar-refractivity contribution in [3.63, 3.8) is 0 Å². The average molecular weight is 430 g/mol. The Kier molecular flexibility index (Phi) is 7.12. The van der Waals surface area contributed by atoms with E-state index in [1.807, 2.05) is 35.8 Å². The maximum atomic E-state index is 12.5. The number of benzene rings is 1. The molecule has 2 heterocycles. The number of nitrogens with two attached hydrogens (primary N) is 1. The van der Waals surface area contributed by atoms with Gasteiger partial charge in [0, 0.05) is 12.8 Å². The Hall–Kier alpha value is -3.27. The van der Waals surface area contributed by atoms with E-state index in [2.05, 4.69) is 15.5 Å². The van der Waals surface area contributed by atoms with Gasteiger partial charge in [-0.1, -0.05) is 17.8 Å². The fourth-order valence-corrected chi connectivity index (χ4v) is 3.56. The van der Waals surface area contributed by atoms with Gasteiger partial charge in [-0.3, -0.25) is 14.2 Å². The first-order chi connectivity index (χ1) is 14.5. The Morgan fingerprint density at radius 1 is 1.30 bits per heavy atom. The summed E-state index contributed by atoms with van der Waals surface area (Å²) in [7, 11) is 1.56. The second-order valence-electron chi connectivity index (χ2n) is 6.57. The van der Waals surface area contributed by atoms with Gasteiger partial charge < -0.3 is 20.2 Å². The molecule has 0 unspecified atom stereocenters. The van der Waals surface area contributed by atoms with Crippen molar-refractivity contribution in [2.24, 2.45) is 5.73 Å². The van der Waals surface area contributed by atoms with Crippen LogP contribution >= 0.6 is 11.8 Å². The number of aryl methyl sites for hydroxylation is 2. The van der Waals surface area contributed by atoms with Gasteiger partial charge in [-0.15, -0.1) is 10.2 Å². The number of furan rings is 1. The van der Waals surface area contributed by atoms with Crippen molar-refractivity contribution in [1.29, 1.82) is 0 Å². The predicted molar refractivity (Wildman–Crippen MR) is 112 cm³/mol. The van der Waals surface area contributed by atoms with E-state index in [1.165, 1.54) is 11.8 Å². The molecule has 0 saturated heterocycles. The largest absolute Gasteiger partial charge is 0.495 e. The van der Waals surface area contributed by atoms with Crippen LogP contribution in [0.15, 0.2) is 46.2 Å². The van der Waals surface area contributed by atoms with E-state index in [9.17, 15) is 9.59 Å². The van der Waals surface area contributed by atoms with Crippen LogP contribution in [0.25, 0.3) is 0 Å². The number of nitrogens with one attached hydrogen (secondary N) is 1. The van der Waals surface area contributed by atoms with Crippen molar-refractivity contribution in [3.05, 3.63) is 53.7 Å². The maximum Gasteiger partial charge on any atom is 0.234 e. The van der Waals surface area contributed by atoms with E-state index in [1.54, 1.807) is 19.4 Å². The molecule has 3 N–H and O–H groups in total. The Morgan fingerprint density at radius 3 is 2.83 bits per heavy atom. The fraction of sp³-hybridized carbons (Fsp3) is 0.300. The number of hydrogen-bond acceptors (Lipinski definition) is 7. The molecule has 0 fully saturated rings. The van der Waals surface area contributed by atoms with E-state index in [-0.39, 0.29) is 18.1 Å². The normalized spacial score (nSPS) is 10.7. The molecule has 0 spiro atoms. The van der Waals surface area contributed by atoms with Crippen molar-refractivity contribution in [2.75, 3.05) is 18.2 Å². The van der Waals surface area contributed by atoms with Crippen molar-refractivity contribution < 1.29 is 18.7 Å². The molecule has 0 bridgehead atoms. The van der Waals surface area contributed by atoms with Gasteiger partial charge in [0.25, 0.3) is 0 Å². The number of amides is 2. The molecule has 3 rings (SSSR count). The highest BCUT2D eigenvalue weighted by molar-refractivity contribution is 7.99. The molecule has 2 amide bonds. The fourth-order valence-electron chi connectivity index (χ4n) is 2.80. The second kappa shape index (κ2) is 9.97. The highest BCUT2D eigenvalue weighted by Gasteiger charge is 2.17. The lowest BCUT2D eigenvalue weighted by molar-refractivity contribution is -0.118. The third kappa shape index (κ3) is 5.63. The molecule has 0 aliphatic heterocycles. The molecule has 10 heteroatoms. The van der Waals surface area contributed by atoms with Crippen LogP contribution in [0.3, 0.4) is 0 Å². The number of anilines is 1. The first-order valence-corrected chi connectivity index (χ1v) is 10.2. The smallest absolute Gasteiger partial charge is 0.234 e. The van der Waals surface area contributed by atoms with E-state index in [4.69, 9.17) is 14.9 Å². The maximum absolute atomic E-state index is 12.5. The van der Waals surface area contributed by atoms with Crippen LogP contribution in [-0.4, -0.2) is 39.4 Å². The van der Waals surface area contributed by atoms with E-state index in [0.717, 1.165) is 5.56 Å². The number of aromatic nitrogens is 3. The number of carbonyl (C=O) groups is 2. The highest BCUT2D eigenvalue weighted by Crippen LogP contribution is 2.26. The molecule has 0 radical (unpaired) electrons. The minimum atomic E-state index is -0.414. The highest BCUT2D eigenvalue weighted by atomic mass is 32.2. The molecule has 0 atom stereocenters. The van der Waals surface area contributed by atoms with E-state index >= 15 is 0 Å². The summed E-state index contributed by atoms with van der Waals surface area (Å²) in [5.74, 6) is 1.43. The van der Waals surface area contributed by atoms with E-state index in [0.29, 0.717) is 41.1 Å². The molecular formula is C20H23N5O4S. The molecule has 9 nitrogen and oxygen atoms in total. The molecule has 158 valence electrons. The zero-order valence-electron chi connectivity index (χ0n) is 16.8. The predicted octanol–water partition coefficient (Wildman–Crippen LogP) is 2.39. The lowest BCUT2D eigenvalue weighted by Gasteiger charge is -2.11. The van der Waals surface area contributed by atoms with Gasteiger partial charge in [-0.2, -0.15) is 0 Å². The quantitative estimate of drug-likeness (QED) is 0.474. The standard InChI is InChI=1S/C20H23N5O4S/c1-13-5-6-16(28-2)15(10-13)22-19(27)12-30-20-24-23-18(8-7-17(21)26)25(20)11-14-4-3-9-29-14/h3-6,9-10H,7-8,11-12H2,1-2H3,(H2,21,26)(H,22,27). The summed E-state index contributed by atoms with van der Waals surface area (Å²) in [6, 6.07) is 9.20. The number of nitrogens with zero attached hydrogens (tertiary/aromatic N) is 3. The molecule has 3 aromatic rings. The minimum absolute atomic E-state index is 0.128. The lowest BCUT2D eigenvalue weighted by atomic mass is 10.2. The Morgan fingerprint density at radius 2 is 2.13 bits per heavy atom. The molecule has 1 aromatic carbocycles. The van der Waals surface area contributed by atoms with Gasteiger partial charge in [-0.25, -0.2) is 0 Å².